The van der Waals surface area contributed by atoms with Gasteiger partial charge >= 0.3 is 0 Å². The van der Waals surface area contributed by atoms with Crippen molar-refractivity contribution in [2.24, 2.45) is 0 Å². The Kier molecular flexibility index (Phi) is 4.69. The summed E-state index contributed by atoms with van der Waals surface area (Å²) in [5.74, 6) is -0.191. The minimum absolute atomic E-state index is 0.191. The highest BCUT2D eigenvalue weighted by atomic mass is 19.1. The summed E-state index contributed by atoms with van der Waals surface area (Å²) >= 11 is 0. The number of aliphatic hydroxyl groups is 1. The topological polar surface area (TPSA) is 20.2 Å². The Morgan fingerprint density at radius 2 is 1.84 bits per heavy atom. The van der Waals surface area contributed by atoms with E-state index >= 15 is 0 Å². The Morgan fingerprint density at radius 1 is 1.11 bits per heavy atom. The van der Waals surface area contributed by atoms with Crippen LogP contribution in [0.1, 0.15) is 35.6 Å². The average molecular weight is 258 g/mol. The van der Waals surface area contributed by atoms with Crippen molar-refractivity contribution in [1.82, 2.24) is 0 Å². The van der Waals surface area contributed by atoms with Gasteiger partial charge in [0.05, 0.1) is 6.10 Å². The maximum Gasteiger partial charge on any atom is 0.123 e. The quantitative estimate of drug-likeness (QED) is 0.852. The van der Waals surface area contributed by atoms with E-state index in [0.717, 1.165) is 29.5 Å². The number of hydrogen-bond donors (Lipinski definition) is 1. The number of rotatable bonds is 5. The first-order valence-corrected chi connectivity index (χ1v) is 6.65. The van der Waals surface area contributed by atoms with Gasteiger partial charge in [0.2, 0.25) is 0 Å². The molecule has 1 unspecified atom stereocenters. The van der Waals surface area contributed by atoms with Gasteiger partial charge < -0.3 is 5.11 Å². The van der Waals surface area contributed by atoms with Crippen molar-refractivity contribution in [3.8, 4) is 0 Å². The molecule has 1 nitrogen and oxygen atoms in total. The van der Waals surface area contributed by atoms with Crippen LogP contribution in [0.25, 0.3) is 0 Å². The molecular weight excluding hydrogens is 239 g/mol. The predicted molar refractivity (Wildman–Crippen MR) is 75.5 cm³/mol. The lowest BCUT2D eigenvalue weighted by Gasteiger charge is -2.11. The van der Waals surface area contributed by atoms with Gasteiger partial charge in [-0.3, -0.25) is 0 Å². The van der Waals surface area contributed by atoms with E-state index in [2.05, 4.69) is 0 Å². The van der Waals surface area contributed by atoms with Crippen LogP contribution in [0.15, 0.2) is 48.5 Å². The number of benzene rings is 2. The molecule has 1 atom stereocenters. The third-order valence-corrected chi connectivity index (χ3v) is 3.42. The summed E-state index contributed by atoms with van der Waals surface area (Å²) in [6.45, 7) is 1.99. The Bertz CT molecular complexity index is 522. The molecule has 2 aromatic carbocycles. The Hall–Kier alpha value is -1.67. The normalized spacial score (nSPS) is 12.4. The zero-order valence-corrected chi connectivity index (χ0v) is 11.1. The van der Waals surface area contributed by atoms with E-state index in [1.807, 2.05) is 37.3 Å². The van der Waals surface area contributed by atoms with Gasteiger partial charge in [0.15, 0.2) is 0 Å². The molecule has 2 aromatic rings. The van der Waals surface area contributed by atoms with Crippen LogP contribution >= 0.6 is 0 Å². The number of aryl methyl sites for hydroxylation is 2. The SMILES string of the molecule is Cc1ccc(F)cc1CCCC(O)c1ccccc1. The molecule has 0 aromatic heterocycles. The standard InChI is InChI=1S/C17H19FO/c1-13-10-11-16(18)12-15(13)8-5-9-17(19)14-6-3-2-4-7-14/h2-4,6-7,10-12,17,19H,5,8-9H2,1H3. The Morgan fingerprint density at radius 3 is 2.58 bits per heavy atom. The molecule has 100 valence electrons. The fourth-order valence-electron chi connectivity index (χ4n) is 2.24. The molecule has 2 rings (SSSR count). The molecule has 0 aliphatic carbocycles. The third-order valence-electron chi connectivity index (χ3n) is 3.42. The lowest BCUT2D eigenvalue weighted by Crippen LogP contribution is -1.99. The van der Waals surface area contributed by atoms with Crippen molar-refractivity contribution in [2.45, 2.75) is 32.3 Å². The molecule has 0 heterocycles. The van der Waals surface area contributed by atoms with Crippen molar-refractivity contribution in [3.05, 3.63) is 71.0 Å². The minimum atomic E-state index is -0.435. The second-order valence-corrected chi connectivity index (χ2v) is 4.89. The second-order valence-electron chi connectivity index (χ2n) is 4.89. The molecule has 0 spiro atoms. The summed E-state index contributed by atoms with van der Waals surface area (Å²) in [5, 5.41) is 10.0. The largest absolute Gasteiger partial charge is 0.388 e. The molecule has 0 bridgehead atoms. The summed E-state index contributed by atoms with van der Waals surface area (Å²) in [6, 6.07) is 14.5. The first kappa shape index (κ1) is 13.8. The monoisotopic (exact) mass is 258 g/mol. The number of halogens is 1. The molecular formula is C17H19FO. The van der Waals surface area contributed by atoms with Crippen LogP contribution in [0.2, 0.25) is 0 Å². The smallest absolute Gasteiger partial charge is 0.123 e. The predicted octanol–water partition coefficient (Wildman–Crippen LogP) is 4.19. The fourth-order valence-corrected chi connectivity index (χ4v) is 2.24. The first-order valence-electron chi connectivity index (χ1n) is 6.65. The highest BCUT2D eigenvalue weighted by Crippen LogP contribution is 2.20. The Balaban J connectivity index is 1.88. The van der Waals surface area contributed by atoms with E-state index in [1.54, 1.807) is 12.1 Å². The van der Waals surface area contributed by atoms with Crippen LogP contribution in [-0.4, -0.2) is 5.11 Å². The summed E-state index contributed by atoms with van der Waals surface area (Å²) in [6.07, 6.45) is 1.91. The maximum absolute atomic E-state index is 13.1. The van der Waals surface area contributed by atoms with Crippen molar-refractivity contribution < 1.29 is 9.50 Å². The van der Waals surface area contributed by atoms with E-state index in [-0.39, 0.29) is 5.82 Å². The highest BCUT2D eigenvalue weighted by molar-refractivity contribution is 5.26. The van der Waals surface area contributed by atoms with Crippen molar-refractivity contribution in [1.29, 1.82) is 0 Å². The number of aliphatic hydroxyl groups excluding tert-OH is 1. The van der Waals surface area contributed by atoms with Gasteiger partial charge in [-0.1, -0.05) is 36.4 Å². The zero-order chi connectivity index (χ0) is 13.7. The lowest BCUT2D eigenvalue weighted by atomic mass is 9.99. The molecule has 2 heteroatoms. The molecule has 0 saturated heterocycles. The summed E-state index contributed by atoms with van der Waals surface area (Å²) in [4.78, 5) is 0. The zero-order valence-electron chi connectivity index (χ0n) is 11.1. The molecule has 0 saturated carbocycles. The highest BCUT2D eigenvalue weighted by Gasteiger charge is 2.07. The fraction of sp³-hybridized carbons (Fsp3) is 0.294. The van der Waals surface area contributed by atoms with Crippen molar-refractivity contribution in [2.75, 3.05) is 0 Å². The summed E-state index contributed by atoms with van der Waals surface area (Å²) in [7, 11) is 0. The average Bonchev–Trinajstić information content (AvgIpc) is 2.43. The van der Waals surface area contributed by atoms with Gasteiger partial charge in [-0.25, -0.2) is 4.39 Å². The van der Waals surface area contributed by atoms with Crippen LogP contribution in [-0.2, 0) is 6.42 Å². The van der Waals surface area contributed by atoms with Gasteiger partial charge in [-0.15, -0.1) is 0 Å². The lowest BCUT2D eigenvalue weighted by molar-refractivity contribution is 0.164. The van der Waals surface area contributed by atoms with Crippen molar-refractivity contribution >= 4 is 0 Å². The van der Waals surface area contributed by atoms with Crippen LogP contribution in [0.5, 0.6) is 0 Å². The van der Waals surface area contributed by atoms with E-state index in [4.69, 9.17) is 0 Å². The summed E-state index contributed by atoms with van der Waals surface area (Å²) < 4.78 is 13.1. The van der Waals surface area contributed by atoms with Gasteiger partial charge in [-0.2, -0.15) is 0 Å². The minimum Gasteiger partial charge on any atom is -0.388 e. The molecule has 0 fully saturated rings. The maximum atomic E-state index is 13.1. The third kappa shape index (κ3) is 3.90. The molecule has 0 radical (unpaired) electrons. The van der Waals surface area contributed by atoms with Crippen molar-refractivity contribution in [3.63, 3.8) is 0 Å². The van der Waals surface area contributed by atoms with E-state index in [1.165, 1.54) is 6.07 Å². The Labute approximate surface area is 113 Å². The van der Waals surface area contributed by atoms with Gasteiger partial charge in [0.1, 0.15) is 5.82 Å². The van der Waals surface area contributed by atoms with Gasteiger partial charge in [0.25, 0.3) is 0 Å². The molecule has 0 amide bonds. The van der Waals surface area contributed by atoms with Crippen LogP contribution in [0.3, 0.4) is 0 Å². The molecule has 0 aliphatic rings. The van der Waals surface area contributed by atoms with E-state index in [9.17, 15) is 9.50 Å². The van der Waals surface area contributed by atoms with E-state index in [0.29, 0.717) is 6.42 Å². The molecule has 0 aliphatic heterocycles. The van der Waals surface area contributed by atoms with Gasteiger partial charge in [0, 0.05) is 0 Å². The van der Waals surface area contributed by atoms with Gasteiger partial charge in [-0.05, 0) is 55.0 Å². The molecule has 19 heavy (non-hydrogen) atoms. The van der Waals surface area contributed by atoms with Crippen LogP contribution in [0.4, 0.5) is 4.39 Å². The van der Waals surface area contributed by atoms with E-state index < -0.39 is 6.10 Å². The van der Waals surface area contributed by atoms with Crippen LogP contribution in [0, 0.1) is 12.7 Å². The number of hydrogen-bond acceptors (Lipinski definition) is 1. The molecule has 1 N–H and O–H groups in total. The summed E-state index contributed by atoms with van der Waals surface area (Å²) in [5.41, 5.74) is 3.08. The second kappa shape index (κ2) is 6.48. The van der Waals surface area contributed by atoms with Crippen LogP contribution < -0.4 is 0 Å². The first-order chi connectivity index (χ1) is 9.16.